The van der Waals surface area contributed by atoms with Gasteiger partial charge in [0.2, 0.25) is 0 Å². The summed E-state index contributed by atoms with van der Waals surface area (Å²) in [5, 5.41) is 0. The van der Waals surface area contributed by atoms with Gasteiger partial charge in [0, 0.05) is 0 Å². The maximum atomic E-state index is 13.3. The predicted molar refractivity (Wildman–Crippen MR) is 112 cm³/mol. The van der Waals surface area contributed by atoms with Crippen LogP contribution >= 0.6 is 0 Å². The number of hydrogen-bond donors (Lipinski definition) is 0. The Balaban J connectivity index is 1.67. The van der Waals surface area contributed by atoms with Crippen molar-refractivity contribution in [1.29, 1.82) is 0 Å². The van der Waals surface area contributed by atoms with Crippen molar-refractivity contribution in [3.8, 4) is 5.75 Å². The average molecular weight is 522 g/mol. The molecule has 29 heavy (non-hydrogen) atoms. The van der Waals surface area contributed by atoms with Crippen molar-refractivity contribution in [2.75, 3.05) is 13.7 Å². The SMILES string of the molecule is COc1ccc(C2OCC([Se]c3ccc(F)cc3)=C2[Se]c2ccc(F)cc2)cc1. The van der Waals surface area contributed by atoms with Crippen LogP contribution in [0.1, 0.15) is 11.7 Å². The van der Waals surface area contributed by atoms with Gasteiger partial charge in [0.05, 0.1) is 0 Å². The van der Waals surface area contributed by atoms with Gasteiger partial charge in [-0.1, -0.05) is 0 Å². The van der Waals surface area contributed by atoms with E-state index < -0.39 is 0 Å². The van der Waals surface area contributed by atoms with Crippen LogP contribution < -0.4 is 13.7 Å². The molecule has 2 nitrogen and oxygen atoms in total. The molecule has 1 unspecified atom stereocenters. The number of benzene rings is 3. The summed E-state index contributed by atoms with van der Waals surface area (Å²) in [4.78, 5) is 0. The Hall–Kier alpha value is -1.94. The van der Waals surface area contributed by atoms with E-state index in [4.69, 9.17) is 9.47 Å². The van der Waals surface area contributed by atoms with Crippen molar-refractivity contribution in [3.05, 3.63) is 98.9 Å². The van der Waals surface area contributed by atoms with Crippen LogP contribution in [-0.4, -0.2) is 43.6 Å². The number of rotatable bonds is 6. The van der Waals surface area contributed by atoms with Gasteiger partial charge in [-0.3, -0.25) is 0 Å². The van der Waals surface area contributed by atoms with E-state index in [0.717, 1.165) is 20.2 Å². The van der Waals surface area contributed by atoms with Crippen LogP contribution in [0.4, 0.5) is 8.78 Å². The summed E-state index contributed by atoms with van der Waals surface area (Å²) in [6.45, 7) is 0.562. The Bertz CT molecular complexity index is 1000. The van der Waals surface area contributed by atoms with Crippen molar-refractivity contribution < 1.29 is 18.3 Å². The molecule has 0 saturated carbocycles. The molecular weight excluding hydrogens is 504 g/mol. The molecule has 0 aromatic heterocycles. The quantitative estimate of drug-likeness (QED) is 0.463. The molecular formula is C23H18F2O2Se2. The standard InChI is InChI=1S/C23H18F2O2Se2/c1-26-18-8-2-15(3-9-18)22-23(29-20-12-6-17(25)7-13-20)21(14-27-22)28-19-10-4-16(24)5-11-19/h2-13,22H,14H2,1H3. The van der Waals surface area contributed by atoms with Crippen molar-refractivity contribution in [3.63, 3.8) is 0 Å². The Morgan fingerprint density at radius 2 is 1.34 bits per heavy atom. The first-order valence-corrected chi connectivity index (χ1v) is 12.4. The molecule has 4 rings (SSSR count). The fourth-order valence-electron chi connectivity index (χ4n) is 2.94. The van der Waals surface area contributed by atoms with E-state index in [1.807, 2.05) is 48.5 Å². The van der Waals surface area contributed by atoms with Crippen molar-refractivity contribution in [2.45, 2.75) is 6.10 Å². The normalized spacial score (nSPS) is 16.3. The number of hydrogen-bond acceptors (Lipinski definition) is 2. The van der Waals surface area contributed by atoms with Crippen LogP contribution in [0.3, 0.4) is 0 Å². The van der Waals surface area contributed by atoms with E-state index in [1.165, 1.54) is 33.2 Å². The van der Waals surface area contributed by atoms with E-state index in [-0.39, 0.29) is 47.7 Å². The third kappa shape index (κ3) is 4.98. The molecule has 0 N–H and O–H groups in total. The molecule has 148 valence electrons. The minimum atomic E-state index is -0.233. The van der Waals surface area contributed by atoms with E-state index in [1.54, 1.807) is 7.11 Å². The number of halogens is 2. The fraction of sp³-hybridized carbons (Fsp3) is 0.130. The molecule has 1 atom stereocenters. The number of methoxy groups -OCH3 is 1. The fourth-order valence-corrected chi connectivity index (χ4v) is 7.84. The zero-order valence-electron chi connectivity index (χ0n) is 15.6. The molecule has 0 spiro atoms. The Labute approximate surface area is 181 Å². The molecule has 1 aliphatic heterocycles. The molecule has 0 aliphatic carbocycles. The van der Waals surface area contributed by atoms with E-state index in [0.29, 0.717) is 6.61 Å². The van der Waals surface area contributed by atoms with Gasteiger partial charge in [-0.05, 0) is 0 Å². The Morgan fingerprint density at radius 3 is 1.90 bits per heavy atom. The van der Waals surface area contributed by atoms with Crippen LogP contribution in [0.25, 0.3) is 0 Å². The van der Waals surface area contributed by atoms with Crippen LogP contribution in [0, 0.1) is 11.6 Å². The third-order valence-electron chi connectivity index (χ3n) is 4.41. The predicted octanol–water partition coefficient (Wildman–Crippen LogP) is 3.32. The molecule has 0 radical (unpaired) electrons. The first-order chi connectivity index (χ1) is 14.1. The summed E-state index contributed by atoms with van der Waals surface area (Å²) in [7, 11) is 1.65. The maximum absolute atomic E-state index is 13.3. The van der Waals surface area contributed by atoms with Crippen molar-refractivity contribution in [1.82, 2.24) is 0 Å². The summed E-state index contributed by atoms with van der Waals surface area (Å²) in [6.07, 6.45) is -0.122. The summed E-state index contributed by atoms with van der Waals surface area (Å²) in [5.41, 5.74) is 1.08. The van der Waals surface area contributed by atoms with E-state index in [9.17, 15) is 8.78 Å². The van der Waals surface area contributed by atoms with Crippen LogP contribution in [-0.2, 0) is 4.74 Å². The van der Waals surface area contributed by atoms with Gasteiger partial charge in [0.15, 0.2) is 0 Å². The van der Waals surface area contributed by atoms with Gasteiger partial charge in [-0.25, -0.2) is 0 Å². The summed E-state index contributed by atoms with van der Waals surface area (Å²) in [5.74, 6) is 0.341. The second-order valence-corrected chi connectivity index (χ2v) is 11.2. The van der Waals surface area contributed by atoms with Gasteiger partial charge in [-0.15, -0.1) is 0 Å². The van der Waals surface area contributed by atoms with Gasteiger partial charge < -0.3 is 0 Å². The molecule has 0 amide bonds. The summed E-state index contributed by atoms with van der Waals surface area (Å²) < 4.78 is 42.8. The first kappa shape index (κ1) is 20.3. The van der Waals surface area contributed by atoms with Gasteiger partial charge in [0.1, 0.15) is 0 Å². The Kier molecular flexibility index (Phi) is 6.49. The third-order valence-corrected chi connectivity index (χ3v) is 9.85. The second kappa shape index (κ2) is 9.25. The molecule has 3 aromatic rings. The van der Waals surface area contributed by atoms with Crippen LogP contribution in [0.15, 0.2) is 81.7 Å². The molecule has 1 aliphatic rings. The molecule has 0 saturated heterocycles. The molecule has 1 heterocycles. The van der Waals surface area contributed by atoms with Crippen LogP contribution in [0.5, 0.6) is 5.75 Å². The van der Waals surface area contributed by atoms with Crippen LogP contribution in [0.2, 0.25) is 0 Å². The molecule has 0 bridgehead atoms. The second-order valence-electron chi connectivity index (χ2n) is 6.36. The Morgan fingerprint density at radius 1 is 0.793 bits per heavy atom. The van der Waals surface area contributed by atoms with Gasteiger partial charge >= 0.3 is 182 Å². The van der Waals surface area contributed by atoms with Gasteiger partial charge in [-0.2, -0.15) is 0 Å². The molecule has 6 heteroatoms. The number of ether oxygens (including phenoxy) is 2. The summed E-state index contributed by atoms with van der Waals surface area (Å²) >= 11 is 0.0535. The average Bonchev–Trinajstić information content (AvgIpc) is 3.13. The zero-order valence-corrected chi connectivity index (χ0v) is 19.0. The first-order valence-electron chi connectivity index (χ1n) is 8.98. The van der Waals surface area contributed by atoms with Crippen molar-refractivity contribution >= 4 is 38.8 Å². The monoisotopic (exact) mass is 524 g/mol. The minimum absolute atomic E-state index is 0.00586. The zero-order chi connectivity index (χ0) is 20.2. The topological polar surface area (TPSA) is 18.5 Å². The molecule has 0 fully saturated rings. The van der Waals surface area contributed by atoms with E-state index in [2.05, 4.69) is 0 Å². The molecule has 3 aromatic carbocycles. The van der Waals surface area contributed by atoms with Gasteiger partial charge in [0.25, 0.3) is 0 Å². The van der Waals surface area contributed by atoms with E-state index >= 15 is 0 Å². The van der Waals surface area contributed by atoms with Crippen molar-refractivity contribution in [2.24, 2.45) is 0 Å². The summed E-state index contributed by atoms with van der Waals surface area (Å²) in [6, 6.07) is 21.3.